The van der Waals surface area contributed by atoms with Gasteiger partial charge in [-0.3, -0.25) is 4.99 Å². The van der Waals surface area contributed by atoms with Gasteiger partial charge in [0.15, 0.2) is 5.96 Å². The van der Waals surface area contributed by atoms with Crippen molar-refractivity contribution in [3.63, 3.8) is 0 Å². The maximum Gasteiger partial charge on any atom is 0.191 e. The van der Waals surface area contributed by atoms with E-state index < -0.39 is 0 Å². The minimum atomic E-state index is 0.133. The fourth-order valence-corrected chi connectivity index (χ4v) is 3.14. The van der Waals surface area contributed by atoms with E-state index in [0.717, 1.165) is 34.5 Å². The van der Waals surface area contributed by atoms with Crippen molar-refractivity contribution in [3.05, 3.63) is 50.9 Å². The van der Waals surface area contributed by atoms with Crippen molar-refractivity contribution in [2.24, 2.45) is 4.99 Å². The van der Waals surface area contributed by atoms with E-state index in [9.17, 15) is 0 Å². The second-order valence-electron chi connectivity index (χ2n) is 5.30. The van der Waals surface area contributed by atoms with Crippen molar-refractivity contribution in [2.45, 2.75) is 33.2 Å². The highest BCUT2D eigenvalue weighted by atomic mass is 35.5. The maximum absolute atomic E-state index is 6.06. The molecule has 1 atom stereocenters. The predicted molar refractivity (Wildman–Crippen MR) is 99.5 cm³/mol. The summed E-state index contributed by atoms with van der Waals surface area (Å²) in [7, 11) is 0. The Bertz CT molecular complexity index is 654. The van der Waals surface area contributed by atoms with Gasteiger partial charge in [0.1, 0.15) is 0 Å². The van der Waals surface area contributed by atoms with Crippen LogP contribution >= 0.6 is 22.9 Å². The summed E-state index contributed by atoms with van der Waals surface area (Å²) in [6.45, 7) is 7.77. The number of thiazole rings is 1. The molecule has 0 spiro atoms. The molecule has 23 heavy (non-hydrogen) atoms. The second-order valence-corrected chi connectivity index (χ2v) is 7.05. The molecule has 124 valence electrons. The van der Waals surface area contributed by atoms with E-state index in [1.54, 1.807) is 11.3 Å². The highest BCUT2D eigenvalue weighted by Gasteiger charge is 2.08. The molecule has 0 radical (unpaired) electrons. The molecule has 0 saturated heterocycles. The Labute approximate surface area is 147 Å². The van der Waals surface area contributed by atoms with Gasteiger partial charge < -0.3 is 10.6 Å². The van der Waals surface area contributed by atoms with E-state index >= 15 is 0 Å². The number of nitrogens with one attached hydrogen (secondary N) is 2. The molecule has 4 nitrogen and oxygen atoms in total. The summed E-state index contributed by atoms with van der Waals surface area (Å²) >= 11 is 7.79. The third-order valence-electron chi connectivity index (χ3n) is 3.31. The minimum absolute atomic E-state index is 0.133. The number of halogens is 1. The van der Waals surface area contributed by atoms with Gasteiger partial charge in [0.05, 0.1) is 11.0 Å². The summed E-state index contributed by atoms with van der Waals surface area (Å²) in [5, 5.41) is 8.57. The standard InChI is InChI=1S/C17H23ClN4S/c1-4-19-17(20-9-8-16-21-11-12(2)23-16)22-13(3)14-6-5-7-15(18)10-14/h5-7,10-11,13H,4,8-9H2,1-3H3,(H2,19,20,22). The molecule has 0 fully saturated rings. The number of aliphatic imine (C=N–C) groups is 1. The van der Waals surface area contributed by atoms with Crippen LogP contribution in [0, 0.1) is 6.92 Å². The third kappa shape index (κ3) is 5.84. The highest BCUT2D eigenvalue weighted by molar-refractivity contribution is 7.11. The molecule has 0 amide bonds. The molecule has 0 saturated carbocycles. The minimum Gasteiger partial charge on any atom is -0.357 e. The SMILES string of the molecule is CCNC(=NCCc1ncc(C)s1)NC(C)c1cccc(Cl)c1. The summed E-state index contributed by atoms with van der Waals surface area (Å²) < 4.78 is 0. The molecule has 0 bridgehead atoms. The molecule has 6 heteroatoms. The van der Waals surface area contributed by atoms with E-state index in [1.165, 1.54) is 4.88 Å². The van der Waals surface area contributed by atoms with Crippen LogP contribution in [0.5, 0.6) is 0 Å². The van der Waals surface area contributed by atoms with Crippen molar-refractivity contribution in [1.82, 2.24) is 15.6 Å². The van der Waals surface area contributed by atoms with Gasteiger partial charge in [-0.05, 0) is 38.5 Å². The topological polar surface area (TPSA) is 49.3 Å². The molecule has 0 aliphatic rings. The lowest BCUT2D eigenvalue weighted by atomic mass is 10.1. The number of rotatable bonds is 6. The van der Waals surface area contributed by atoms with E-state index in [0.29, 0.717) is 6.54 Å². The monoisotopic (exact) mass is 350 g/mol. The number of benzene rings is 1. The van der Waals surface area contributed by atoms with Crippen LogP contribution in [0.15, 0.2) is 35.5 Å². The molecular formula is C17H23ClN4S. The van der Waals surface area contributed by atoms with E-state index in [-0.39, 0.29) is 6.04 Å². The summed E-state index contributed by atoms with van der Waals surface area (Å²) in [5.74, 6) is 0.813. The number of aromatic nitrogens is 1. The fraction of sp³-hybridized carbons (Fsp3) is 0.412. The number of aryl methyl sites for hydroxylation is 1. The quantitative estimate of drug-likeness (QED) is 0.612. The fourth-order valence-electron chi connectivity index (χ4n) is 2.16. The largest absolute Gasteiger partial charge is 0.357 e. The van der Waals surface area contributed by atoms with Gasteiger partial charge in [0, 0.05) is 35.6 Å². The van der Waals surface area contributed by atoms with Crippen molar-refractivity contribution >= 4 is 28.9 Å². The maximum atomic E-state index is 6.06. The Morgan fingerprint density at radius 1 is 1.43 bits per heavy atom. The van der Waals surface area contributed by atoms with E-state index in [4.69, 9.17) is 11.6 Å². The molecule has 2 aromatic rings. The molecule has 0 aliphatic carbocycles. The summed E-state index contributed by atoms with van der Waals surface area (Å²) in [5.41, 5.74) is 1.14. The van der Waals surface area contributed by atoms with Gasteiger partial charge >= 0.3 is 0 Å². The second kappa shape index (κ2) is 8.89. The van der Waals surface area contributed by atoms with Gasteiger partial charge in [-0.1, -0.05) is 23.7 Å². The zero-order valence-electron chi connectivity index (χ0n) is 13.8. The van der Waals surface area contributed by atoms with Gasteiger partial charge in [0.2, 0.25) is 0 Å². The molecule has 1 heterocycles. The molecule has 1 unspecified atom stereocenters. The Kier molecular flexibility index (Phi) is 6.86. The third-order valence-corrected chi connectivity index (χ3v) is 4.52. The zero-order chi connectivity index (χ0) is 16.7. The molecule has 0 aliphatic heterocycles. The lowest BCUT2D eigenvalue weighted by molar-refractivity contribution is 0.686. The van der Waals surface area contributed by atoms with Crippen LogP contribution < -0.4 is 10.6 Å². The first-order valence-electron chi connectivity index (χ1n) is 7.80. The summed E-state index contributed by atoms with van der Waals surface area (Å²) in [4.78, 5) is 10.2. The van der Waals surface area contributed by atoms with Crippen molar-refractivity contribution in [2.75, 3.05) is 13.1 Å². The highest BCUT2D eigenvalue weighted by Crippen LogP contribution is 2.17. The number of guanidine groups is 1. The Balaban J connectivity index is 1.95. The Morgan fingerprint density at radius 3 is 2.91 bits per heavy atom. The van der Waals surface area contributed by atoms with E-state index in [1.807, 2.05) is 24.4 Å². The Hall–Kier alpha value is -1.59. The average Bonchev–Trinajstić information content (AvgIpc) is 2.93. The molecule has 2 N–H and O–H groups in total. The number of hydrogen-bond acceptors (Lipinski definition) is 3. The van der Waals surface area contributed by atoms with Crippen LogP contribution in [0.3, 0.4) is 0 Å². The zero-order valence-corrected chi connectivity index (χ0v) is 15.3. The predicted octanol–water partition coefficient (Wildman–Crippen LogP) is 3.96. The lowest BCUT2D eigenvalue weighted by Gasteiger charge is -2.18. The first kappa shape index (κ1) is 17.8. The van der Waals surface area contributed by atoms with Crippen LogP contribution in [-0.2, 0) is 6.42 Å². The van der Waals surface area contributed by atoms with Crippen LogP contribution in [0.2, 0.25) is 5.02 Å². The first-order chi connectivity index (χ1) is 11.1. The summed E-state index contributed by atoms with van der Waals surface area (Å²) in [6.07, 6.45) is 2.77. The molecule has 2 rings (SSSR count). The van der Waals surface area contributed by atoms with Crippen molar-refractivity contribution in [3.8, 4) is 0 Å². The van der Waals surface area contributed by atoms with Crippen molar-refractivity contribution < 1.29 is 0 Å². The molecular weight excluding hydrogens is 328 g/mol. The molecule has 1 aromatic carbocycles. The van der Waals surface area contributed by atoms with Gasteiger partial charge in [0.25, 0.3) is 0 Å². The summed E-state index contributed by atoms with van der Waals surface area (Å²) in [6, 6.07) is 8.01. The number of nitrogens with zero attached hydrogens (tertiary/aromatic N) is 2. The Morgan fingerprint density at radius 2 is 2.26 bits per heavy atom. The van der Waals surface area contributed by atoms with Crippen LogP contribution in [0.25, 0.3) is 0 Å². The van der Waals surface area contributed by atoms with Crippen LogP contribution in [0.4, 0.5) is 0 Å². The smallest absolute Gasteiger partial charge is 0.191 e. The number of hydrogen-bond donors (Lipinski definition) is 2. The first-order valence-corrected chi connectivity index (χ1v) is 8.99. The van der Waals surface area contributed by atoms with Crippen molar-refractivity contribution in [1.29, 1.82) is 0 Å². The van der Waals surface area contributed by atoms with Gasteiger partial charge in [-0.2, -0.15) is 0 Å². The van der Waals surface area contributed by atoms with Crippen LogP contribution in [-0.4, -0.2) is 24.0 Å². The molecule has 1 aromatic heterocycles. The van der Waals surface area contributed by atoms with Crippen LogP contribution in [0.1, 0.15) is 35.3 Å². The normalized spacial score (nSPS) is 13.0. The lowest BCUT2D eigenvalue weighted by Crippen LogP contribution is -2.38. The van der Waals surface area contributed by atoms with Gasteiger partial charge in [-0.25, -0.2) is 4.98 Å². The average molecular weight is 351 g/mol. The van der Waals surface area contributed by atoms with E-state index in [2.05, 4.69) is 47.4 Å². The van der Waals surface area contributed by atoms with Gasteiger partial charge in [-0.15, -0.1) is 11.3 Å².